The van der Waals surface area contributed by atoms with E-state index in [1.165, 1.54) is 25.3 Å². The number of methoxy groups -OCH3 is 1. The first kappa shape index (κ1) is 25.8. The van der Waals surface area contributed by atoms with Gasteiger partial charge < -0.3 is 14.2 Å². The molecule has 184 valence electrons. The smallest absolute Gasteiger partial charge is 0.319 e. The molecular weight excluding hydrogens is 463 g/mol. The molecule has 0 aliphatic heterocycles. The van der Waals surface area contributed by atoms with Crippen LogP contribution in [0.4, 0.5) is 13.2 Å². The number of esters is 1. The second-order valence-corrected chi connectivity index (χ2v) is 7.42. The molecule has 0 atom stereocenters. The molecule has 9 heteroatoms. The first-order valence-electron chi connectivity index (χ1n) is 10.8. The van der Waals surface area contributed by atoms with E-state index in [0.29, 0.717) is 16.9 Å². The number of halogens is 3. The van der Waals surface area contributed by atoms with Gasteiger partial charge in [0, 0.05) is 22.8 Å². The van der Waals surface area contributed by atoms with Crippen LogP contribution in [0.5, 0.6) is 11.5 Å². The van der Waals surface area contributed by atoms with Crippen molar-refractivity contribution in [2.45, 2.75) is 13.5 Å². The minimum atomic E-state index is -1.01. The Labute approximate surface area is 200 Å². The SMILES string of the molecule is CCOC(=O)CNCC(=O)c1ccc(F)c(COc2ccc(-c3cc(F)c(F)cc3OC)cc2)c1. The van der Waals surface area contributed by atoms with E-state index in [4.69, 9.17) is 14.2 Å². The van der Waals surface area contributed by atoms with Crippen molar-refractivity contribution in [2.24, 2.45) is 0 Å². The van der Waals surface area contributed by atoms with Crippen LogP contribution in [0.15, 0.2) is 54.6 Å². The number of hydrogen-bond acceptors (Lipinski definition) is 6. The Bertz CT molecular complexity index is 1200. The van der Waals surface area contributed by atoms with Gasteiger partial charge in [0.1, 0.15) is 23.9 Å². The van der Waals surface area contributed by atoms with Gasteiger partial charge in [-0.15, -0.1) is 0 Å². The van der Waals surface area contributed by atoms with E-state index in [9.17, 15) is 22.8 Å². The van der Waals surface area contributed by atoms with Crippen molar-refractivity contribution in [1.82, 2.24) is 5.32 Å². The van der Waals surface area contributed by atoms with Crippen LogP contribution >= 0.6 is 0 Å². The highest BCUT2D eigenvalue weighted by atomic mass is 19.2. The van der Waals surface area contributed by atoms with Crippen molar-refractivity contribution in [3.63, 3.8) is 0 Å². The minimum Gasteiger partial charge on any atom is -0.496 e. The zero-order valence-corrected chi connectivity index (χ0v) is 19.2. The van der Waals surface area contributed by atoms with Crippen LogP contribution in [-0.4, -0.2) is 38.6 Å². The molecule has 0 unspecified atom stereocenters. The zero-order valence-electron chi connectivity index (χ0n) is 19.2. The summed E-state index contributed by atoms with van der Waals surface area (Å²) in [5, 5.41) is 2.69. The van der Waals surface area contributed by atoms with Crippen molar-refractivity contribution in [2.75, 3.05) is 26.8 Å². The van der Waals surface area contributed by atoms with Gasteiger partial charge in [0.15, 0.2) is 17.4 Å². The number of carbonyl (C=O) groups excluding carboxylic acids is 2. The number of rotatable bonds is 11. The van der Waals surface area contributed by atoms with Crippen LogP contribution in [0.3, 0.4) is 0 Å². The van der Waals surface area contributed by atoms with Crippen molar-refractivity contribution in [1.29, 1.82) is 0 Å². The van der Waals surface area contributed by atoms with Gasteiger partial charge in [0.05, 0.1) is 26.8 Å². The fourth-order valence-corrected chi connectivity index (χ4v) is 3.27. The lowest BCUT2D eigenvalue weighted by molar-refractivity contribution is -0.141. The molecule has 3 rings (SSSR count). The molecule has 0 heterocycles. The molecule has 0 aliphatic carbocycles. The van der Waals surface area contributed by atoms with E-state index in [1.807, 2.05) is 0 Å². The van der Waals surface area contributed by atoms with E-state index in [2.05, 4.69) is 5.32 Å². The molecule has 0 spiro atoms. The highest BCUT2D eigenvalue weighted by Crippen LogP contribution is 2.33. The fraction of sp³-hybridized carbons (Fsp3) is 0.231. The first-order valence-corrected chi connectivity index (χ1v) is 10.8. The van der Waals surface area contributed by atoms with Gasteiger partial charge in [-0.25, -0.2) is 13.2 Å². The molecule has 1 N–H and O–H groups in total. The normalized spacial score (nSPS) is 10.7. The Morgan fingerprint density at radius 3 is 2.29 bits per heavy atom. The summed E-state index contributed by atoms with van der Waals surface area (Å²) in [6.45, 7) is 1.57. The Hall–Kier alpha value is -3.85. The third kappa shape index (κ3) is 6.83. The molecular formula is C26H24F3NO5. The van der Waals surface area contributed by atoms with Crippen LogP contribution in [0.25, 0.3) is 11.1 Å². The standard InChI is InChI=1S/C26H24F3NO5/c1-3-34-26(32)14-30-13-24(31)17-6-9-21(27)18(10-17)15-35-19-7-4-16(5-8-19)20-11-22(28)23(29)12-25(20)33-2/h4-12,30H,3,13-15H2,1-2H3. The van der Waals surface area contributed by atoms with Gasteiger partial charge in [-0.05, 0) is 48.9 Å². The van der Waals surface area contributed by atoms with Crippen LogP contribution < -0.4 is 14.8 Å². The molecule has 0 radical (unpaired) electrons. The Kier molecular flexibility index (Phi) is 8.86. The average Bonchev–Trinajstić information content (AvgIpc) is 2.85. The summed E-state index contributed by atoms with van der Waals surface area (Å²) in [5.41, 5.74) is 1.38. The van der Waals surface area contributed by atoms with E-state index in [-0.39, 0.29) is 49.0 Å². The molecule has 3 aromatic carbocycles. The van der Waals surface area contributed by atoms with Crippen LogP contribution in [0.1, 0.15) is 22.8 Å². The van der Waals surface area contributed by atoms with Crippen molar-refractivity contribution in [3.05, 3.63) is 83.2 Å². The van der Waals surface area contributed by atoms with Crippen molar-refractivity contribution >= 4 is 11.8 Å². The molecule has 3 aromatic rings. The molecule has 6 nitrogen and oxygen atoms in total. The highest BCUT2D eigenvalue weighted by molar-refractivity contribution is 5.98. The molecule has 0 fully saturated rings. The summed E-state index contributed by atoms with van der Waals surface area (Å²) in [4.78, 5) is 23.7. The second kappa shape index (κ2) is 12.0. The molecule has 0 aromatic heterocycles. The summed E-state index contributed by atoms with van der Waals surface area (Å²) in [5.74, 6) is -2.75. The monoisotopic (exact) mass is 487 g/mol. The predicted molar refractivity (Wildman–Crippen MR) is 123 cm³/mol. The first-order chi connectivity index (χ1) is 16.8. The van der Waals surface area contributed by atoms with Gasteiger partial charge in [-0.3, -0.25) is 14.9 Å². The Balaban J connectivity index is 1.64. The molecule has 35 heavy (non-hydrogen) atoms. The average molecular weight is 487 g/mol. The van der Waals surface area contributed by atoms with Crippen molar-refractivity contribution in [3.8, 4) is 22.6 Å². The maximum Gasteiger partial charge on any atom is 0.319 e. The predicted octanol–water partition coefficient (Wildman–Crippen LogP) is 4.69. The number of hydrogen-bond donors (Lipinski definition) is 1. The van der Waals surface area contributed by atoms with Crippen LogP contribution in [0, 0.1) is 17.5 Å². The van der Waals surface area contributed by atoms with Gasteiger partial charge >= 0.3 is 5.97 Å². The highest BCUT2D eigenvalue weighted by Gasteiger charge is 2.14. The van der Waals surface area contributed by atoms with Gasteiger partial charge in [0.25, 0.3) is 0 Å². The molecule has 0 aliphatic rings. The van der Waals surface area contributed by atoms with Gasteiger partial charge in [-0.2, -0.15) is 0 Å². The lowest BCUT2D eigenvalue weighted by Gasteiger charge is -2.12. The quantitative estimate of drug-likeness (QED) is 0.312. The maximum atomic E-state index is 14.3. The Morgan fingerprint density at radius 2 is 1.60 bits per heavy atom. The number of nitrogens with one attached hydrogen (secondary N) is 1. The number of carbonyl (C=O) groups is 2. The summed E-state index contributed by atoms with van der Waals surface area (Å²) >= 11 is 0. The molecule has 0 saturated carbocycles. The van der Waals surface area contributed by atoms with E-state index in [0.717, 1.165) is 12.1 Å². The molecule has 0 bridgehead atoms. The van der Waals surface area contributed by atoms with Gasteiger partial charge in [-0.1, -0.05) is 12.1 Å². The second-order valence-electron chi connectivity index (χ2n) is 7.42. The largest absolute Gasteiger partial charge is 0.496 e. The third-order valence-electron chi connectivity index (χ3n) is 5.03. The topological polar surface area (TPSA) is 73.9 Å². The lowest BCUT2D eigenvalue weighted by atomic mass is 10.0. The summed E-state index contributed by atoms with van der Waals surface area (Å²) < 4.78 is 57.0. The lowest BCUT2D eigenvalue weighted by Crippen LogP contribution is -2.29. The number of ether oxygens (including phenoxy) is 3. The number of benzene rings is 3. The molecule has 0 saturated heterocycles. The molecule has 0 amide bonds. The number of ketones is 1. The third-order valence-corrected chi connectivity index (χ3v) is 5.03. The van der Waals surface area contributed by atoms with Crippen LogP contribution in [-0.2, 0) is 16.1 Å². The zero-order chi connectivity index (χ0) is 25.4. The van der Waals surface area contributed by atoms with Crippen LogP contribution in [0.2, 0.25) is 0 Å². The number of Topliss-reactive ketones (excluding diaryl/α,β-unsaturated/α-hetero) is 1. The van der Waals surface area contributed by atoms with E-state index in [1.54, 1.807) is 31.2 Å². The van der Waals surface area contributed by atoms with E-state index >= 15 is 0 Å². The summed E-state index contributed by atoms with van der Waals surface area (Å²) in [6, 6.07) is 12.4. The fourth-order valence-electron chi connectivity index (χ4n) is 3.27. The van der Waals surface area contributed by atoms with E-state index < -0.39 is 23.4 Å². The Morgan fingerprint density at radius 1 is 0.886 bits per heavy atom. The van der Waals surface area contributed by atoms with Crippen molar-refractivity contribution < 1.29 is 37.0 Å². The van der Waals surface area contributed by atoms with Gasteiger partial charge in [0.2, 0.25) is 0 Å². The summed E-state index contributed by atoms with van der Waals surface area (Å²) in [6.07, 6.45) is 0. The minimum absolute atomic E-state index is 0.108. The summed E-state index contributed by atoms with van der Waals surface area (Å²) in [7, 11) is 1.36. The maximum absolute atomic E-state index is 14.3.